The molecule has 1 aromatic heterocycles. The van der Waals surface area contributed by atoms with E-state index < -0.39 is 5.97 Å². The zero-order chi connectivity index (χ0) is 10.6. The molecule has 1 N–H and O–H groups in total. The molecule has 0 aromatic carbocycles. The van der Waals surface area contributed by atoms with E-state index in [4.69, 9.17) is 5.11 Å². The van der Waals surface area contributed by atoms with Crippen LogP contribution in [0, 0.1) is 6.92 Å². The van der Waals surface area contributed by atoms with Crippen LogP contribution in [0.3, 0.4) is 0 Å². The molecule has 0 radical (unpaired) electrons. The van der Waals surface area contributed by atoms with E-state index in [2.05, 4.69) is 11.9 Å². The molecule has 1 rings (SSSR count). The summed E-state index contributed by atoms with van der Waals surface area (Å²) in [4.78, 5) is 14.9. The van der Waals surface area contributed by atoms with Gasteiger partial charge in [0.1, 0.15) is 0 Å². The topological polar surface area (TPSA) is 50.2 Å². The van der Waals surface area contributed by atoms with Crippen LogP contribution >= 0.6 is 0 Å². The van der Waals surface area contributed by atoms with Crippen LogP contribution in [0.4, 0.5) is 0 Å². The van der Waals surface area contributed by atoms with Crippen LogP contribution in [0.1, 0.15) is 41.4 Å². The second-order valence-corrected chi connectivity index (χ2v) is 3.39. The van der Waals surface area contributed by atoms with Crippen LogP contribution < -0.4 is 0 Å². The van der Waals surface area contributed by atoms with Crippen molar-refractivity contribution >= 4 is 5.97 Å². The first kappa shape index (κ1) is 10.7. The van der Waals surface area contributed by atoms with Crippen molar-refractivity contribution < 1.29 is 9.90 Å². The average Bonchev–Trinajstić information content (AvgIpc) is 2.16. The van der Waals surface area contributed by atoms with E-state index in [1.165, 1.54) is 0 Å². The lowest BCUT2D eigenvalue weighted by Crippen LogP contribution is -2.03. The third-order valence-electron chi connectivity index (χ3n) is 2.19. The Labute approximate surface area is 83.8 Å². The van der Waals surface area contributed by atoms with Gasteiger partial charge in [0.05, 0.1) is 11.3 Å². The Balaban J connectivity index is 2.89. The average molecular weight is 193 g/mol. The number of rotatable bonds is 4. The second-order valence-electron chi connectivity index (χ2n) is 3.39. The summed E-state index contributed by atoms with van der Waals surface area (Å²) in [5.74, 6) is -0.895. The molecule has 3 nitrogen and oxygen atoms in total. The molecule has 14 heavy (non-hydrogen) atoms. The van der Waals surface area contributed by atoms with E-state index in [0.717, 1.165) is 24.8 Å². The summed E-state index contributed by atoms with van der Waals surface area (Å²) in [7, 11) is 0. The van der Waals surface area contributed by atoms with Gasteiger partial charge in [-0.25, -0.2) is 4.79 Å². The SMILES string of the molecule is CCCCc1cnc(C)c(C(=O)O)c1. The molecule has 1 aromatic rings. The Hall–Kier alpha value is -1.38. The van der Waals surface area contributed by atoms with E-state index in [0.29, 0.717) is 11.3 Å². The van der Waals surface area contributed by atoms with Crippen molar-refractivity contribution in [2.45, 2.75) is 33.1 Å². The number of hydrogen-bond acceptors (Lipinski definition) is 2. The number of aryl methyl sites for hydroxylation is 2. The van der Waals surface area contributed by atoms with E-state index in [-0.39, 0.29) is 0 Å². The largest absolute Gasteiger partial charge is 0.478 e. The van der Waals surface area contributed by atoms with Crippen molar-refractivity contribution in [2.24, 2.45) is 0 Å². The summed E-state index contributed by atoms with van der Waals surface area (Å²) in [6, 6.07) is 1.72. The number of unbranched alkanes of at least 4 members (excludes halogenated alkanes) is 1. The Kier molecular flexibility index (Phi) is 3.63. The van der Waals surface area contributed by atoms with Crippen molar-refractivity contribution in [3.05, 3.63) is 29.1 Å². The molecule has 0 aliphatic heterocycles. The number of carbonyl (C=O) groups is 1. The van der Waals surface area contributed by atoms with Gasteiger partial charge in [-0.1, -0.05) is 13.3 Å². The highest BCUT2D eigenvalue weighted by atomic mass is 16.4. The molecule has 0 saturated heterocycles. The first-order chi connectivity index (χ1) is 6.65. The van der Waals surface area contributed by atoms with Crippen molar-refractivity contribution in [3.63, 3.8) is 0 Å². The van der Waals surface area contributed by atoms with Crippen molar-refractivity contribution in [3.8, 4) is 0 Å². The van der Waals surface area contributed by atoms with Crippen molar-refractivity contribution in [1.82, 2.24) is 4.98 Å². The molecule has 1 heterocycles. The molecular formula is C11H15NO2. The minimum absolute atomic E-state index is 0.318. The maximum absolute atomic E-state index is 10.8. The summed E-state index contributed by atoms with van der Waals surface area (Å²) >= 11 is 0. The zero-order valence-corrected chi connectivity index (χ0v) is 8.58. The van der Waals surface area contributed by atoms with Crippen LogP contribution in [-0.4, -0.2) is 16.1 Å². The molecule has 3 heteroatoms. The lowest BCUT2D eigenvalue weighted by molar-refractivity contribution is 0.0695. The Morgan fingerprint density at radius 2 is 2.29 bits per heavy atom. The van der Waals surface area contributed by atoms with Gasteiger partial charge in [-0.3, -0.25) is 4.98 Å². The molecule has 0 bridgehead atoms. The molecule has 0 saturated carbocycles. The van der Waals surface area contributed by atoms with Crippen LogP contribution in [0.5, 0.6) is 0 Å². The first-order valence-corrected chi connectivity index (χ1v) is 4.84. The van der Waals surface area contributed by atoms with Gasteiger partial charge in [0.2, 0.25) is 0 Å². The van der Waals surface area contributed by atoms with E-state index >= 15 is 0 Å². The smallest absolute Gasteiger partial charge is 0.337 e. The molecule has 0 spiro atoms. The lowest BCUT2D eigenvalue weighted by Gasteiger charge is -2.03. The standard InChI is InChI=1S/C11H15NO2/c1-3-4-5-9-6-10(11(13)14)8(2)12-7-9/h6-7H,3-5H2,1-2H3,(H,13,14). The number of pyridine rings is 1. The molecular weight excluding hydrogens is 178 g/mol. The fourth-order valence-corrected chi connectivity index (χ4v) is 1.31. The molecule has 0 unspecified atom stereocenters. The van der Waals surface area contributed by atoms with Crippen LogP contribution in [-0.2, 0) is 6.42 Å². The number of aromatic nitrogens is 1. The highest BCUT2D eigenvalue weighted by molar-refractivity contribution is 5.88. The Bertz CT molecular complexity index is 334. The van der Waals surface area contributed by atoms with Crippen molar-refractivity contribution in [1.29, 1.82) is 0 Å². The minimum atomic E-state index is -0.895. The van der Waals surface area contributed by atoms with E-state index in [1.807, 2.05) is 0 Å². The van der Waals surface area contributed by atoms with Crippen LogP contribution in [0.25, 0.3) is 0 Å². The minimum Gasteiger partial charge on any atom is -0.478 e. The number of carboxylic acid groups (broad SMARTS) is 1. The monoisotopic (exact) mass is 193 g/mol. The lowest BCUT2D eigenvalue weighted by atomic mass is 10.1. The third-order valence-corrected chi connectivity index (χ3v) is 2.19. The summed E-state index contributed by atoms with van der Waals surface area (Å²) in [5, 5.41) is 8.88. The van der Waals surface area contributed by atoms with Crippen LogP contribution in [0.2, 0.25) is 0 Å². The summed E-state index contributed by atoms with van der Waals surface area (Å²) in [6.45, 7) is 3.83. The molecule has 76 valence electrons. The predicted molar refractivity (Wildman–Crippen MR) is 54.5 cm³/mol. The van der Waals surface area contributed by atoms with E-state index in [1.54, 1.807) is 19.2 Å². The summed E-state index contributed by atoms with van der Waals surface area (Å²) in [5.41, 5.74) is 1.91. The number of hydrogen-bond donors (Lipinski definition) is 1. The van der Waals surface area contributed by atoms with Crippen molar-refractivity contribution in [2.75, 3.05) is 0 Å². The van der Waals surface area contributed by atoms with Gasteiger partial charge in [0.15, 0.2) is 0 Å². The first-order valence-electron chi connectivity index (χ1n) is 4.84. The Morgan fingerprint density at radius 3 is 2.86 bits per heavy atom. The maximum Gasteiger partial charge on any atom is 0.337 e. The molecule has 0 aliphatic carbocycles. The predicted octanol–water partition coefficient (Wildman–Crippen LogP) is 2.43. The summed E-state index contributed by atoms with van der Waals surface area (Å²) in [6.07, 6.45) is 4.85. The molecule has 0 amide bonds. The van der Waals surface area contributed by atoms with Gasteiger partial charge in [-0.15, -0.1) is 0 Å². The van der Waals surface area contributed by atoms with Gasteiger partial charge in [-0.2, -0.15) is 0 Å². The Morgan fingerprint density at radius 1 is 1.57 bits per heavy atom. The second kappa shape index (κ2) is 4.74. The fraction of sp³-hybridized carbons (Fsp3) is 0.455. The molecule has 0 atom stereocenters. The molecule has 0 aliphatic rings. The fourth-order valence-electron chi connectivity index (χ4n) is 1.31. The summed E-state index contributed by atoms with van der Waals surface area (Å²) < 4.78 is 0. The van der Waals surface area contributed by atoms with Gasteiger partial charge in [0.25, 0.3) is 0 Å². The van der Waals surface area contributed by atoms with Gasteiger partial charge in [-0.05, 0) is 31.4 Å². The molecule has 0 fully saturated rings. The van der Waals surface area contributed by atoms with Gasteiger partial charge in [0, 0.05) is 6.20 Å². The number of nitrogens with zero attached hydrogens (tertiary/aromatic N) is 1. The van der Waals surface area contributed by atoms with E-state index in [9.17, 15) is 4.79 Å². The highest BCUT2D eigenvalue weighted by Gasteiger charge is 2.08. The number of aromatic carboxylic acids is 1. The van der Waals surface area contributed by atoms with Gasteiger partial charge >= 0.3 is 5.97 Å². The normalized spacial score (nSPS) is 10.1. The number of carboxylic acids is 1. The maximum atomic E-state index is 10.8. The highest BCUT2D eigenvalue weighted by Crippen LogP contribution is 2.10. The van der Waals surface area contributed by atoms with Gasteiger partial charge < -0.3 is 5.11 Å². The zero-order valence-electron chi connectivity index (χ0n) is 8.58. The third kappa shape index (κ3) is 2.55. The van der Waals surface area contributed by atoms with Crippen LogP contribution in [0.15, 0.2) is 12.3 Å². The quantitative estimate of drug-likeness (QED) is 0.799.